The summed E-state index contributed by atoms with van der Waals surface area (Å²) in [6.45, 7) is 3.72. The van der Waals surface area contributed by atoms with Crippen molar-refractivity contribution in [2.45, 2.75) is 0 Å². The van der Waals surface area contributed by atoms with Crippen LogP contribution in [0.2, 0.25) is 0 Å². The number of hydrogen-bond donors (Lipinski definition) is 1. The Hall–Kier alpha value is -3.20. The molecule has 0 saturated carbocycles. The summed E-state index contributed by atoms with van der Waals surface area (Å²) in [5.74, 6) is 0.804. The fraction of sp³-hybridized carbons (Fsp3) is 0.333. The number of morpholine rings is 1. The summed E-state index contributed by atoms with van der Waals surface area (Å²) in [4.78, 5) is 25.5. The maximum absolute atomic E-state index is 12.2. The number of anilines is 2. The first-order valence-corrected chi connectivity index (χ1v) is 8.87. The molecule has 9 nitrogen and oxygen atoms in total. The summed E-state index contributed by atoms with van der Waals surface area (Å²) in [6, 6.07) is 3.84. The molecule has 0 spiro atoms. The zero-order valence-corrected chi connectivity index (χ0v) is 14.6. The predicted octanol–water partition coefficient (Wildman–Crippen LogP) is 1.81. The van der Waals surface area contributed by atoms with Gasteiger partial charge in [0.1, 0.15) is 17.9 Å². The number of aromatic nitrogens is 4. The van der Waals surface area contributed by atoms with Crippen LogP contribution in [0, 0.1) is 0 Å². The summed E-state index contributed by atoms with van der Waals surface area (Å²) in [7, 11) is 0. The zero-order chi connectivity index (χ0) is 18.2. The van der Waals surface area contributed by atoms with Crippen LogP contribution in [0.15, 0.2) is 30.7 Å². The molecule has 5 heterocycles. The number of nitrogens with one attached hydrogen (secondary N) is 1. The first kappa shape index (κ1) is 16.0. The molecule has 2 saturated heterocycles. The Kier molecular flexibility index (Phi) is 3.86. The summed E-state index contributed by atoms with van der Waals surface area (Å²) in [5.41, 5.74) is 3.10. The number of carbonyl (C=O) groups excluding carboxylic acids is 1. The van der Waals surface area contributed by atoms with Gasteiger partial charge in [-0.2, -0.15) is 5.10 Å². The highest BCUT2D eigenvalue weighted by atomic mass is 16.6. The van der Waals surface area contributed by atoms with Crippen LogP contribution in [0.1, 0.15) is 0 Å². The van der Waals surface area contributed by atoms with E-state index in [4.69, 9.17) is 14.5 Å². The number of nitrogens with zero attached hydrogens (tertiary/aromatic N) is 5. The molecule has 1 N–H and O–H groups in total. The Morgan fingerprint density at radius 1 is 1.15 bits per heavy atom. The second-order valence-electron chi connectivity index (χ2n) is 6.41. The molecular formula is C18H18N6O3. The van der Waals surface area contributed by atoms with E-state index in [0.29, 0.717) is 26.4 Å². The molecule has 5 rings (SSSR count). The molecular weight excluding hydrogens is 348 g/mol. The maximum Gasteiger partial charge on any atom is 0.414 e. The van der Waals surface area contributed by atoms with Crippen molar-refractivity contribution in [3.63, 3.8) is 0 Å². The Morgan fingerprint density at radius 3 is 2.78 bits per heavy atom. The highest BCUT2D eigenvalue weighted by molar-refractivity contribution is 6.05. The molecule has 1 amide bonds. The van der Waals surface area contributed by atoms with E-state index >= 15 is 0 Å². The number of rotatable bonds is 3. The van der Waals surface area contributed by atoms with Crippen molar-refractivity contribution in [3.8, 4) is 11.3 Å². The van der Waals surface area contributed by atoms with Gasteiger partial charge >= 0.3 is 6.09 Å². The Morgan fingerprint density at radius 2 is 2.04 bits per heavy atom. The average Bonchev–Trinajstić information content (AvgIpc) is 3.39. The van der Waals surface area contributed by atoms with Crippen LogP contribution >= 0.6 is 0 Å². The number of pyridine rings is 2. The molecule has 0 radical (unpaired) electrons. The van der Waals surface area contributed by atoms with E-state index in [1.54, 1.807) is 23.5 Å². The standard InChI is InChI=1S/C18H18N6O3/c25-18-24(5-8-27-18)14-9-15(23-3-6-26-7-4-23)22-17-13(14)1-2-19-16(17)12-10-20-21-11-12/h1-2,9-11H,3-8H2,(H,20,21). The number of H-pyrrole nitrogens is 1. The zero-order valence-electron chi connectivity index (χ0n) is 14.6. The van der Waals surface area contributed by atoms with Crippen LogP contribution in [0.3, 0.4) is 0 Å². The van der Waals surface area contributed by atoms with E-state index in [2.05, 4.69) is 20.1 Å². The molecule has 3 aromatic heterocycles. The highest BCUT2D eigenvalue weighted by Crippen LogP contribution is 2.35. The van der Waals surface area contributed by atoms with Gasteiger partial charge in [-0.3, -0.25) is 15.0 Å². The number of cyclic esters (lactones) is 1. The number of hydrogen-bond acceptors (Lipinski definition) is 7. The normalized spacial score (nSPS) is 17.6. The van der Waals surface area contributed by atoms with Gasteiger partial charge in [0.15, 0.2) is 0 Å². The van der Waals surface area contributed by atoms with Crippen LogP contribution in [0.5, 0.6) is 0 Å². The molecule has 27 heavy (non-hydrogen) atoms. The summed E-state index contributed by atoms with van der Waals surface area (Å²) in [6.07, 6.45) is 4.90. The van der Waals surface area contributed by atoms with Crippen LogP contribution in [0.4, 0.5) is 16.3 Å². The molecule has 2 aliphatic heterocycles. The van der Waals surface area contributed by atoms with Crippen molar-refractivity contribution >= 4 is 28.5 Å². The van der Waals surface area contributed by atoms with Gasteiger partial charge in [0, 0.05) is 42.5 Å². The molecule has 0 aliphatic carbocycles. The smallest absolute Gasteiger partial charge is 0.414 e. The molecule has 9 heteroatoms. The highest BCUT2D eigenvalue weighted by Gasteiger charge is 2.28. The minimum atomic E-state index is -0.336. The lowest BCUT2D eigenvalue weighted by atomic mass is 10.1. The summed E-state index contributed by atoms with van der Waals surface area (Å²) in [5, 5.41) is 7.70. The van der Waals surface area contributed by atoms with Gasteiger partial charge in [0.05, 0.1) is 37.3 Å². The molecule has 3 aromatic rings. The monoisotopic (exact) mass is 366 g/mol. The molecule has 0 aromatic carbocycles. The van der Waals surface area contributed by atoms with Crippen LogP contribution in [0.25, 0.3) is 22.2 Å². The third-order valence-electron chi connectivity index (χ3n) is 4.85. The van der Waals surface area contributed by atoms with Gasteiger partial charge in [0.2, 0.25) is 0 Å². The largest absolute Gasteiger partial charge is 0.447 e. The van der Waals surface area contributed by atoms with Gasteiger partial charge in [0.25, 0.3) is 0 Å². The lowest BCUT2D eigenvalue weighted by molar-refractivity contribution is 0.122. The van der Waals surface area contributed by atoms with E-state index in [-0.39, 0.29) is 6.09 Å². The molecule has 0 bridgehead atoms. The summed E-state index contributed by atoms with van der Waals surface area (Å²) >= 11 is 0. The van der Waals surface area contributed by atoms with E-state index in [0.717, 1.165) is 46.8 Å². The maximum atomic E-state index is 12.2. The average molecular weight is 366 g/mol. The third-order valence-corrected chi connectivity index (χ3v) is 4.85. The molecule has 0 atom stereocenters. The number of ether oxygens (including phenoxy) is 2. The quantitative estimate of drug-likeness (QED) is 0.755. The Balaban J connectivity index is 1.73. The number of aromatic amines is 1. The van der Waals surface area contributed by atoms with Gasteiger partial charge in [-0.15, -0.1) is 0 Å². The van der Waals surface area contributed by atoms with Gasteiger partial charge in [-0.05, 0) is 6.07 Å². The van der Waals surface area contributed by atoms with E-state index < -0.39 is 0 Å². The second kappa shape index (κ2) is 6.51. The fourth-order valence-electron chi connectivity index (χ4n) is 3.50. The molecule has 0 unspecified atom stereocenters. The van der Waals surface area contributed by atoms with Crippen molar-refractivity contribution in [1.82, 2.24) is 20.2 Å². The number of amides is 1. The second-order valence-corrected chi connectivity index (χ2v) is 6.41. The minimum Gasteiger partial charge on any atom is -0.447 e. The SMILES string of the molecule is O=C1OCCN1c1cc(N2CCOCC2)nc2c(-c3cn[nH]c3)nccc12. The Labute approximate surface area is 154 Å². The summed E-state index contributed by atoms with van der Waals surface area (Å²) < 4.78 is 10.6. The van der Waals surface area contributed by atoms with Crippen LogP contribution in [-0.2, 0) is 9.47 Å². The van der Waals surface area contributed by atoms with E-state index in [9.17, 15) is 4.79 Å². The fourth-order valence-corrected chi connectivity index (χ4v) is 3.50. The number of fused-ring (bicyclic) bond motifs is 1. The molecule has 2 aliphatic rings. The van der Waals surface area contributed by atoms with Crippen molar-refractivity contribution < 1.29 is 14.3 Å². The van der Waals surface area contributed by atoms with Crippen LogP contribution < -0.4 is 9.80 Å². The molecule has 2 fully saturated rings. The lowest BCUT2D eigenvalue weighted by Gasteiger charge is -2.29. The van der Waals surface area contributed by atoms with Gasteiger partial charge in [-0.1, -0.05) is 0 Å². The van der Waals surface area contributed by atoms with Crippen molar-refractivity contribution in [2.75, 3.05) is 49.3 Å². The Bertz CT molecular complexity index is 984. The number of carbonyl (C=O) groups is 1. The van der Waals surface area contributed by atoms with Crippen molar-refractivity contribution in [1.29, 1.82) is 0 Å². The third kappa shape index (κ3) is 2.76. The predicted molar refractivity (Wildman–Crippen MR) is 98.8 cm³/mol. The topological polar surface area (TPSA) is 96.5 Å². The van der Waals surface area contributed by atoms with Gasteiger partial charge in [-0.25, -0.2) is 9.78 Å². The minimum absolute atomic E-state index is 0.336. The van der Waals surface area contributed by atoms with Gasteiger partial charge < -0.3 is 14.4 Å². The first-order valence-electron chi connectivity index (χ1n) is 8.87. The van der Waals surface area contributed by atoms with Crippen LogP contribution in [-0.4, -0.2) is 65.7 Å². The lowest BCUT2D eigenvalue weighted by Crippen LogP contribution is -2.37. The van der Waals surface area contributed by atoms with E-state index in [1.165, 1.54) is 0 Å². The van der Waals surface area contributed by atoms with E-state index in [1.807, 2.05) is 12.1 Å². The van der Waals surface area contributed by atoms with Crippen molar-refractivity contribution in [3.05, 3.63) is 30.7 Å². The first-order chi connectivity index (χ1) is 13.3. The molecule has 138 valence electrons. The van der Waals surface area contributed by atoms with Crippen molar-refractivity contribution in [2.24, 2.45) is 0 Å².